The number of halogens is 5. The molecule has 3 rings (SSSR count). The Balaban J connectivity index is 0.000000386. The van der Waals surface area contributed by atoms with Gasteiger partial charge in [0.1, 0.15) is 22.3 Å². The summed E-state index contributed by atoms with van der Waals surface area (Å²) >= 11 is 8.20. The van der Waals surface area contributed by atoms with Crippen molar-refractivity contribution in [1.82, 2.24) is 4.90 Å². The van der Waals surface area contributed by atoms with Gasteiger partial charge in [0.15, 0.2) is 0 Å². The first-order valence-electron chi connectivity index (χ1n) is 11.2. The van der Waals surface area contributed by atoms with Gasteiger partial charge < -0.3 is 10.0 Å². The number of aliphatic hydroxyl groups is 1. The van der Waals surface area contributed by atoms with Gasteiger partial charge in [0.25, 0.3) is 0 Å². The zero-order chi connectivity index (χ0) is 28.2. The van der Waals surface area contributed by atoms with Gasteiger partial charge in [0.05, 0.1) is 11.9 Å². The first-order valence-corrected chi connectivity index (χ1v) is 12.4. The van der Waals surface area contributed by atoms with Gasteiger partial charge in [0, 0.05) is 17.6 Å². The van der Waals surface area contributed by atoms with Gasteiger partial charge in [-0.1, -0.05) is 67.7 Å². The summed E-state index contributed by atoms with van der Waals surface area (Å²) in [6, 6.07) is 2.74. The van der Waals surface area contributed by atoms with Crippen LogP contribution in [0.4, 0.5) is 23.2 Å². The van der Waals surface area contributed by atoms with E-state index in [0.29, 0.717) is 15.3 Å². The van der Waals surface area contributed by atoms with E-state index in [1.54, 1.807) is 6.92 Å². The summed E-state index contributed by atoms with van der Waals surface area (Å²) in [5.74, 6) is -0.682. The Hall–Kier alpha value is -2.13. The van der Waals surface area contributed by atoms with Crippen molar-refractivity contribution >= 4 is 38.8 Å². The van der Waals surface area contributed by atoms with Gasteiger partial charge in [0.2, 0.25) is 0 Å². The van der Waals surface area contributed by atoms with Crippen molar-refractivity contribution in [2.75, 3.05) is 11.9 Å². The van der Waals surface area contributed by atoms with E-state index in [2.05, 4.69) is 63.4 Å². The van der Waals surface area contributed by atoms with Crippen molar-refractivity contribution in [3.05, 3.63) is 77.2 Å². The van der Waals surface area contributed by atoms with Gasteiger partial charge in [-0.2, -0.15) is 13.2 Å². The molecule has 0 spiro atoms. The SMILES string of the molecule is C=C(C)CC1(C)CC(C)(C)C1.C=C1N(C)C(C(F)(F)F)=CC(=S)N1c1cc(C)c(Br)cc1F.C=CO. The number of rotatable bonds is 3. The topological polar surface area (TPSA) is 26.7 Å². The van der Waals surface area contributed by atoms with E-state index in [1.807, 2.05) is 0 Å². The molecular weight excluding hydrogens is 556 g/mol. The van der Waals surface area contributed by atoms with Crippen molar-refractivity contribution in [3.63, 3.8) is 0 Å². The largest absolute Gasteiger partial charge is 0.516 e. The molecule has 0 bridgehead atoms. The molecule has 1 aliphatic carbocycles. The predicted octanol–water partition coefficient (Wildman–Crippen LogP) is 9.36. The van der Waals surface area contributed by atoms with Crippen molar-refractivity contribution in [2.45, 2.75) is 60.1 Å². The van der Waals surface area contributed by atoms with Crippen LogP contribution in [-0.4, -0.2) is 28.2 Å². The highest BCUT2D eigenvalue weighted by molar-refractivity contribution is 9.10. The third kappa shape index (κ3) is 8.20. The third-order valence-corrected chi connectivity index (χ3v) is 6.94. The Morgan fingerprint density at radius 2 is 1.75 bits per heavy atom. The monoisotopic (exact) mass is 590 g/mol. The molecule has 1 aromatic rings. The maximum absolute atomic E-state index is 14.2. The van der Waals surface area contributed by atoms with Crippen LogP contribution in [0, 0.1) is 23.6 Å². The minimum absolute atomic E-state index is 0.0556. The molecule has 1 fully saturated rings. The molecular formula is C27H35BrF4N2OS. The summed E-state index contributed by atoms with van der Waals surface area (Å²) in [6.07, 6.45) is 0.930. The van der Waals surface area contributed by atoms with Crippen LogP contribution >= 0.6 is 28.1 Å². The summed E-state index contributed by atoms with van der Waals surface area (Å²) < 4.78 is 53.6. The molecule has 9 heteroatoms. The Bertz CT molecular complexity index is 1050. The van der Waals surface area contributed by atoms with Crippen LogP contribution in [0.25, 0.3) is 0 Å². The Labute approximate surface area is 226 Å². The molecule has 200 valence electrons. The van der Waals surface area contributed by atoms with Gasteiger partial charge in [-0.15, -0.1) is 6.58 Å². The van der Waals surface area contributed by atoms with Gasteiger partial charge in [-0.25, -0.2) is 4.39 Å². The van der Waals surface area contributed by atoms with E-state index >= 15 is 0 Å². The number of nitrogens with zero attached hydrogens (tertiary/aromatic N) is 2. The highest BCUT2D eigenvalue weighted by Crippen LogP contribution is 2.56. The average Bonchev–Trinajstić information content (AvgIpc) is 2.66. The second kappa shape index (κ2) is 11.9. The maximum atomic E-state index is 14.2. The standard InChI is InChI=1S/C14H11BrF4N2S.C11H20.C2H4O/c1-7-4-11(10(16)5-9(7)15)21-8(2)20(3)12(6-13(21)22)14(17,18)19;1-9(2)6-11(5)7-10(3,4)8-11;1-2-3/h4-6H,2H2,1,3H3;1,6-8H2,2-5H3;2-3H,1H2. The van der Waals surface area contributed by atoms with Crippen LogP contribution in [0.2, 0.25) is 0 Å². The summed E-state index contributed by atoms with van der Waals surface area (Å²) in [7, 11) is 1.21. The normalized spacial score (nSPS) is 18.1. The number of anilines is 1. The first kappa shape index (κ1) is 31.9. The maximum Gasteiger partial charge on any atom is 0.431 e. The van der Waals surface area contributed by atoms with E-state index < -0.39 is 17.7 Å². The highest BCUT2D eigenvalue weighted by atomic mass is 79.9. The molecule has 0 amide bonds. The van der Waals surface area contributed by atoms with Crippen LogP contribution < -0.4 is 4.90 Å². The number of aryl methyl sites for hydroxylation is 1. The fourth-order valence-electron chi connectivity index (χ4n) is 5.15. The molecule has 0 aromatic heterocycles. The molecule has 0 radical (unpaired) electrons. The lowest BCUT2D eigenvalue weighted by molar-refractivity contribution is -0.107. The summed E-state index contributed by atoms with van der Waals surface area (Å²) in [5, 5.41) is 7.33. The number of alkyl halides is 3. The van der Waals surface area contributed by atoms with Crippen LogP contribution in [0.5, 0.6) is 0 Å². The van der Waals surface area contributed by atoms with Crippen molar-refractivity contribution in [3.8, 4) is 0 Å². The Kier molecular flexibility index (Phi) is 10.6. The first-order chi connectivity index (χ1) is 16.3. The lowest BCUT2D eigenvalue weighted by Gasteiger charge is -2.52. The van der Waals surface area contributed by atoms with E-state index in [1.165, 1.54) is 48.9 Å². The number of thiocarbonyl (C=S) groups is 1. The number of hydrogen-bond donors (Lipinski definition) is 1. The Morgan fingerprint density at radius 3 is 2.17 bits per heavy atom. The molecule has 1 aliphatic heterocycles. The Morgan fingerprint density at radius 1 is 1.25 bits per heavy atom. The number of benzene rings is 1. The molecule has 36 heavy (non-hydrogen) atoms. The second-order valence-electron chi connectivity index (χ2n) is 10.4. The van der Waals surface area contributed by atoms with Gasteiger partial charge in [-0.3, -0.25) is 4.90 Å². The van der Waals surface area contributed by atoms with Crippen molar-refractivity contribution in [2.24, 2.45) is 10.8 Å². The summed E-state index contributed by atoms with van der Waals surface area (Å²) in [4.78, 5) is 1.85. The number of hydrogen-bond acceptors (Lipinski definition) is 3. The molecule has 0 atom stereocenters. The van der Waals surface area contributed by atoms with Crippen LogP contribution in [-0.2, 0) is 0 Å². The molecule has 1 saturated carbocycles. The molecule has 1 heterocycles. The fraction of sp³-hybridized carbons (Fsp3) is 0.444. The minimum atomic E-state index is -4.57. The number of aliphatic hydroxyl groups excluding tert-OH is 1. The molecule has 2 aliphatic rings. The second-order valence-corrected chi connectivity index (χ2v) is 11.6. The van der Waals surface area contributed by atoms with E-state index in [9.17, 15) is 17.6 Å². The molecule has 1 N–H and O–H groups in total. The number of allylic oxidation sites excluding steroid dienone is 2. The zero-order valence-electron chi connectivity index (χ0n) is 21.7. The smallest absolute Gasteiger partial charge is 0.431 e. The molecule has 1 aromatic carbocycles. The van der Waals surface area contributed by atoms with Crippen LogP contribution in [0.3, 0.4) is 0 Å². The molecule has 3 nitrogen and oxygen atoms in total. The average molecular weight is 592 g/mol. The van der Waals surface area contributed by atoms with E-state index in [-0.39, 0.29) is 16.5 Å². The van der Waals surface area contributed by atoms with Crippen LogP contribution in [0.1, 0.15) is 52.5 Å². The molecule has 0 saturated heterocycles. The van der Waals surface area contributed by atoms with Crippen molar-refractivity contribution < 1.29 is 22.7 Å². The zero-order valence-corrected chi connectivity index (χ0v) is 24.1. The van der Waals surface area contributed by atoms with E-state index in [4.69, 9.17) is 17.3 Å². The lowest BCUT2D eigenvalue weighted by atomic mass is 9.53. The highest BCUT2D eigenvalue weighted by Gasteiger charge is 2.45. The third-order valence-electron chi connectivity index (χ3n) is 5.79. The predicted molar refractivity (Wildman–Crippen MR) is 148 cm³/mol. The van der Waals surface area contributed by atoms with Crippen molar-refractivity contribution in [1.29, 1.82) is 0 Å². The molecule has 0 unspecified atom stereocenters. The van der Waals surface area contributed by atoms with Crippen LogP contribution in [0.15, 0.2) is 65.8 Å². The summed E-state index contributed by atoms with van der Waals surface area (Å²) in [6.45, 7) is 21.5. The van der Waals surface area contributed by atoms with Gasteiger partial charge in [-0.05, 0) is 61.6 Å². The van der Waals surface area contributed by atoms with E-state index in [0.717, 1.165) is 22.8 Å². The van der Waals surface area contributed by atoms with Gasteiger partial charge >= 0.3 is 6.18 Å². The minimum Gasteiger partial charge on any atom is -0.516 e. The summed E-state index contributed by atoms with van der Waals surface area (Å²) in [5.41, 5.74) is 2.36. The fourth-order valence-corrected chi connectivity index (χ4v) is 5.78. The lowest BCUT2D eigenvalue weighted by Crippen LogP contribution is -2.43. The quantitative estimate of drug-likeness (QED) is 0.164.